The molecule has 1 N–H and O–H groups in total. The zero-order valence-electron chi connectivity index (χ0n) is 17.8. The standard InChI is InChI=1S/C24H31N5O/c1-2-28-10-12-29(13-11-28)23-20(16-25-22(27-23)18-6-4-3-5-7-18)24(30)26-21-15-17-8-9-19(21)14-17/h3-7,16-17,19,21H,2,8-15H2,1H3,(H,26,30). The van der Waals surface area contributed by atoms with Crippen LogP contribution in [0.4, 0.5) is 5.82 Å². The summed E-state index contributed by atoms with van der Waals surface area (Å²) in [4.78, 5) is 27.4. The van der Waals surface area contributed by atoms with Crippen molar-refractivity contribution in [1.82, 2.24) is 20.2 Å². The third-order valence-electron chi connectivity index (χ3n) is 7.22. The number of carbonyl (C=O) groups excluding carboxylic acids is 1. The van der Waals surface area contributed by atoms with Gasteiger partial charge in [0, 0.05) is 44.0 Å². The molecule has 1 aromatic carbocycles. The number of nitrogens with one attached hydrogen (secondary N) is 1. The predicted octanol–water partition coefficient (Wildman–Crippen LogP) is 3.20. The molecule has 3 aliphatic rings. The summed E-state index contributed by atoms with van der Waals surface area (Å²) in [6, 6.07) is 10.3. The third kappa shape index (κ3) is 3.81. The first-order valence-corrected chi connectivity index (χ1v) is 11.4. The van der Waals surface area contributed by atoms with Gasteiger partial charge in [0.25, 0.3) is 5.91 Å². The first-order valence-electron chi connectivity index (χ1n) is 11.4. The lowest BCUT2D eigenvalue weighted by molar-refractivity contribution is 0.0922. The van der Waals surface area contributed by atoms with Gasteiger partial charge >= 0.3 is 0 Å². The van der Waals surface area contributed by atoms with Crippen molar-refractivity contribution in [3.05, 3.63) is 42.1 Å². The average Bonchev–Trinajstić information content (AvgIpc) is 3.43. The van der Waals surface area contributed by atoms with Gasteiger partial charge in [-0.05, 0) is 37.6 Å². The molecular weight excluding hydrogens is 374 g/mol. The summed E-state index contributed by atoms with van der Waals surface area (Å²) in [6.07, 6.45) is 6.73. The SMILES string of the molecule is CCN1CCN(c2nc(-c3ccccc3)ncc2C(=O)NC2CC3CCC2C3)CC1. The Bertz CT molecular complexity index is 894. The van der Waals surface area contributed by atoms with Crippen LogP contribution in [0.2, 0.25) is 0 Å². The highest BCUT2D eigenvalue weighted by molar-refractivity contribution is 5.99. The zero-order chi connectivity index (χ0) is 20.5. The van der Waals surface area contributed by atoms with E-state index in [1.165, 1.54) is 19.3 Å². The number of rotatable bonds is 5. The molecular formula is C24H31N5O. The van der Waals surface area contributed by atoms with E-state index in [9.17, 15) is 4.79 Å². The molecule has 2 aliphatic carbocycles. The molecule has 3 atom stereocenters. The summed E-state index contributed by atoms with van der Waals surface area (Å²) < 4.78 is 0. The van der Waals surface area contributed by atoms with E-state index in [-0.39, 0.29) is 5.91 Å². The second kappa shape index (κ2) is 8.34. The highest BCUT2D eigenvalue weighted by Gasteiger charge is 2.40. The van der Waals surface area contributed by atoms with Crippen LogP contribution in [-0.2, 0) is 0 Å². The normalized spacial score (nSPS) is 26.2. The molecule has 3 fully saturated rings. The first kappa shape index (κ1) is 19.5. The maximum absolute atomic E-state index is 13.3. The second-order valence-electron chi connectivity index (χ2n) is 8.97. The highest BCUT2D eigenvalue weighted by Crippen LogP contribution is 2.44. The maximum atomic E-state index is 13.3. The largest absolute Gasteiger partial charge is 0.353 e. The van der Waals surface area contributed by atoms with Crippen LogP contribution in [0.5, 0.6) is 0 Å². The topological polar surface area (TPSA) is 61.4 Å². The van der Waals surface area contributed by atoms with Crippen LogP contribution in [0.1, 0.15) is 43.0 Å². The van der Waals surface area contributed by atoms with Crippen molar-refractivity contribution in [2.75, 3.05) is 37.6 Å². The Hall–Kier alpha value is -2.47. The molecule has 0 radical (unpaired) electrons. The van der Waals surface area contributed by atoms with E-state index in [1.807, 2.05) is 30.3 Å². The van der Waals surface area contributed by atoms with Crippen LogP contribution in [0, 0.1) is 11.8 Å². The Morgan fingerprint density at radius 3 is 2.57 bits per heavy atom. The number of hydrogen-bond acceptors (Lipinski definition) is 5. The molecule has 2 heterocycles. The van der Waals surface area contributed by atoms with Crippen molar-refractivity contribution in [2.45, 2.75) is 38.6 Å². The van der Waals surface area contributed by atoms with Crippen LogP contribution in [0.3, 0.4) is 0 Å². The molecule has 5 rings (SSSR count). The summed E-state index contributed by atoms with van der Waals surface area (Å²) in [7, 11) is 0. The molecule has 1 saturated heterocycles. The molecule has 0 spiro atoms. The predicted molar refractivity (Wildman–Crippen MR) is 118 cm³/mol. The Morgan fingerprint density at radius 2 is 1.90 bits per heavy atom. The molecule has 2 aromatic rings. The minimum absolute atomic E-state index is 0.0138. The van der Waals surface area contributed by atoms with Gasteiger partial charge in [-0.3, -0.25) is 4.79 Å². The van der Waals surface area contributed by atoms with Gasteiger partial charge in [0.1, 0.15) is 11.4 Å². The number of hydrogen-bond donors (Lipinski definition) is 1. The molecule has 1 amide bonds. The maximum Gasteiger partial charge on any atom is 0.256 e. The fourth-order valence-corrected chi connectivity index (χ4v) is 5.44. The third-order valence-corrected chi connectivity index (χ3v) is 7.22. The summed E-state index contributed by atoms with van der Waals surface area (Å²) in [6.45, 7) is 7.01. The number of aromatic nitrogens is 2. The fourth-order valence-electron chi connectivity index (χ4n) is 5.44. The number of carbonyl (C=O) groups is 1. The van der Waals surface area contributed by atoms with E-state index >= 15 is 0 Å². The van der Waals surface area contributed by atoms with Crippen molar-refractivity contribution in [2.24, 2.45) is 11.8 Å². The number of anilines is 1. The molecule has 1 aromatic heterocycles. The van der Waals surface area contributed by atoms with Crippen molar-refractivity contribution in [1.29, 1.82) is 0 Å². The van der Waals surface area contributed by atoms with Crippen molar-refractivity contribution < 1.29 is 4.79 Å². The number of fused-ring (bicyclic) bond motifs is 2. The molecule has 6 nitrogen and oxygen atoms in total. The lowest BCUT2D eigenvalue weighted by atomic mass is 9.95. The van der Waals surface area contributed by atoms with Crippen LogP contribution < -0.4 is 10.2 Å². The van der Waals surface area contributed by atoms with Crippen LogP contribution in [-0.4, -0.2) is 59.5 Å². The number of amides is 1. The molecule has 1 aliphatic heterocycles. The van der Waals surface area contributed by atoms with E-state index in [0.717, 1.165) is 56.4 Å². The second-order valence-corrected chi connectivity index (χ2v) is 8.97. The van der Waals surface area contributed by atoms with E-state index in [0.29, 0.717) is 23.3 Å². The van der Waals surface area contributed by atoms with Gasteiger partial charge < -0.3 is 15.1 Å². The smallest absolute Gasteiger partial charge is 0.256 e. The van der Waals surface area contributed by atoms with E-state index in [4.69, 9.17) is 4.98 Å². The number of nitrogens with zero attached hydrogens (tertiary/aromatic N) is 4. The fraction of sp³-hybridized carbons (Fsp3) is 0.542. The van der Waals surface area contributed by atoms with Crippen molar-refractivity contribution in [3.63, 3.8) is 0 Å². The van der Waals surface area contributed by atoms with Crippen LogP contribution >= 0.6 is 0 Å². The number of benzene rings is 1. The lowest BCUT2D eigenvalue weighted by Gasteiger charge is -2.35. The summed E-state index contributed by atoms with van der Waals surface area (Å²) in [5.74, 6) is 2.90. The average molecular weight is 406 g/mol. The Morgan fingerprint density at radius 1 is 1.10 bits per heavy atom. The minimum Gasteiger partial charge on any atom is -0.353 e. The van der Waals surface area contributed by atoms with E-state index < -0.39 is 0 Å². The molecule has 2 bridgehead atoms. The van der Waals surface area contributed by atoms with Gasteiger partial charge in [0.15, 0.2) is 5.82 Å². The van der Waals surface area contributed by atoms with Gasteiger partial charge in [-0.15, -0.1) is 0 Å². The summed E-state index contributed by atoms with van der Waals surface area (Å²) >= 11 is 0. The Kier molecular flexibility index (Phi) is 5.42. The molecule has 3 unspecified atom stereocenters. The van der Waals surface area contributed by atoms with Gasteiger partial charge in [-0.1, -0.05) is 43.7 Å². The van der Waals surface area contributed by atoms with Crippen LogP contribution in [0.15, 0.2) is 36.5 Å². The minimum atomic E-state index is -0.0138. The molecule has 2 saturated carbocycles. The quantitative estimate of drug-likeness (QED) is 0.828. The van der Waals surface area contributed by atoms with Crippen LogP contribution in [0.25, 0.3) is 11.4 Å². The highest BCUT2D eigenvalue weighted by atomic mass is 16.1. The number of piperazine rings is 1. The van der Waals surface area contributed by atoms with Gasteiger partial charge in [0.05, 0.1) is 0 Å². The Labute approximate surface area is 178 Å². The van der Waals surface area contributed by atoms with E-state index in [1.54, 1.807) is 6.20 Å². The first-order chi connectivity index (χ1) is 14.7. The Balaban J connectivity index is 1.42. The van der Waals surface area contributed by atoms with Gasteiger partial charge in [-0.2, -0.15) is 0 Å². The van der Waals surface area contributed by atoms with Crippen molar-refractivity contribution >= 4 is 11.7 Å². The van der Waals surface area contributed by atoms with Gasteiger partial charge in [-0.25, -0.2) is 9.97 Å². The zero-order valence-corrected chi connectivity index (χ0v) is 17.8. The molecule has 158 valence electrons. The molecule has 6 heteroatoms. The summed E-state index contributed by atoms with van der Waals surface area (Å²) in [5, 5.41) is 3.33. The van der Waals surface area contributed by atoms with E-state index in [2.05, 4.69) is 27.0 Å². The number of likely N-dealkylation sites (N-methyl/N-ethyl adjacent to an activating group) is 1. The summed E-state index contributed by atoms with van der Waals surface area (Å²) in [5.41, 5.74) is 1.59. The van der Waals surface area contributed by atoms with Gasteiger partial charge in [0.2, 0.25) is 0 Å². The molecule has 30 heavy (non-hydrogen) atoms. The lowest BCUT2D eigenvalue weighted by Crippen LogP contribution is -2.47. The monoisotopic (exact) mass is 405 g/mol. The van der Waals surface area contributed by atoms with Crippen molar-refractivity contribution in [3.8, 4) is 11.4 Å².